The molecule has 5 nitrogen and oxygen atoms in total. The van der Waals surface area contributed by atoms with Crippen molar-refractivity contribution in [1.29, 1.82) is 0 Å². The van der Waals surface area contributed by atoms with Gasteiger partial charge in [-0.15, -0.1) is 0 Å². The second kappa shape index (κ2) is 7.48. The van der Waals surface area contributed by atoms with E-state index in [9.17, 15) is 4.79 Å². The number of hydrogen-bond donors (Lipinski definition) is 1. The van der Waals surface area contributed by atoms with E-state index < -0.39 is 0 Å². The molecule has 0 saturated carbocycles. The fraction of sp³-hybridized carbons (Fsp3) is 0.579. The number of nitrogens with zero attached hydrogens (tertiary/aromatic N) is 2. The van der Waals surface area contributed by atoms with Crippen molar-refractivity contribution in [3.8, 4) is 0 Å². The average Bonchev–Trinajstić information content (AvgIpc) is 3.10. The minimum Gasteiger partial charge on any atom is -0.431 e. The normalized spacial score (nSPS) is 21.4. The van der Waals surface area contributed by atoms with Crippen molar-refractivity contribution in [1.82, 2.24) is 10.3 Å². The van der Waals surface area contributed by atoms with Crippen LogP contribution < -0.4 is 5.32 Å². The fourth-order valence-corrected chi connectivity index (χ4v) is 5.18. The summed E-state index contributed by atoms with van der Waals surface area (Å²) >= 11 is 1.45. The van der Waals surface area contributed by atoms with Crippen LogP contribution in [0.3, 0.4) is 0 Å². The van der Waals surface area contributed by atoms with Gasteiger partial charge in [0.2, 0.25) is 0 Å². The first-order valence-electron chi connectivity index (χ1n) is 9.37. The van der Waals surface area contributed by atoms with Gasteiger partial charge in [0.1, 0.15) is 11.3 Å². The van der Waals surface area contributed by atoms with Crippen molar-refractivity contribution in [2.75, 3.05) is 31.9 Å². The van der Waals surface area contributed by atoms with Gasteiger partial charge in [0, 0.05) is 25.9 Å². The Bertz CT molecular complexity index is 700. The Labute approximate surface area is 152 Å². The van der Waals surface area contributed by atoms with Gasteiger partial charge in [0.05, 0.1) is 19.1 Å². The molecule has 0 unspecified atom stereocenters. The lowest BCUT2D eigenvalue weighted by molar-refractivity contribution is -0.884. The summed E-state index contributed by atoms with van der Waals surface area (Å²) in [6, 6.07) is 8.24. The van der Waals surface area contributed by atoms with Gasteiger partial charge < -0.3 is 9.73 Å². The van der Waals surface area contributed by atoms with Crippen molar-refractivity contribution in [2.45, 2.75) is 43.4 Å². The van der Waals surface area contributed by atoms with Crippen LogP contribution in [0, 0.1) is 0 Å². The highest BCUT2D eigenvalue weighted by Crippen LogP contribution is 2.31. The molecular formula is C19H26N3O2S+. The van der Waals surface area contributed by atoms with E-state index in [2.05, 4.69) is 10.3 Å². The molecule has 0 bridgehead atoms. The summed E-state index contributed by atoms with van der Waals surface area (Å²) in [4.78, 5) is 17.8. The molecule has 6 heteroatoms. The Morgan fingerprint density at radius 1 is 1.20 bits per heavy atom. The summed E-state index contributed by atoms with van der Waals surface area (Å²) in [5.41, 5.74) is 1.65. The summed E-state index contributed by atoms with van der Waals surface area (Å²) in [6.07, 6.45) is 5.82. The molecule has 0 atom stereocenters. The van der Waals surface area contributed by atoms with Crippen LogP contribution in [0.5, 0.6) is 0 Å². The lowest BCUT2D eigenvalue weighted by Gasteiger charge is -2.46. The highest BCUT2D eigenvalue weighted by molar-refractivity contribution is 7.99. The predicted molar refractivity (Wildman–Crippen MR) is 99.5 cm³/mol. The first kappa shape index (κ1) is 17.1. The Kier molecular flexibility index (Phi) is 5.10. The number of benzene rings is 1. The van der Waals surface area contributed by atoms with Crippen molar-refractivity contribution in [3.63, 3.8) is 0 Å². The highest BCUT2D eigenvalue weighted by Gasteiger charge is 2.44. The zero-order valence-corrected chi connectivity index (χ0v) is 15.4. The van der Waals surface area contributed by atoms with Gasteiger partial charge in [-0.3, -0.25) is 4.48 Å². The van der Waals surface area contributed by atoms with Crippen LogP contribution in [-0.4, -0.2) is 53.3 Å². The molecule has 0 aliphatic carbocycles. The third-order valence-electron chi connectivity index (χ3n) is 5.71. The van der Waals surface area contributed by atoms with Gasteiger partial charge in [-0.2, -0.15) is 0 Å². The number of amides is 1. The van der Waals surface area contributed by atoms with Crippen molar-refractivity contribution < 1.29 is 13.7 Å². The van der Waals surface area contributed by atoms with E-state index in [0.29, 0.717) is 27.4 Å². The maximum Gasteiger partial charge on any atom is 0.324 e. The molecule has 3 heterocycles. The van der Waals surface area contributed by atoms with E-state index in [0.717, 1.165) is 50.1 Å². The van der Waals surface area contributed by atoms with E-state index in [1.54, 1.807) is 0 Å². The monoisotopic (exact) mass is 360 g/mol. The number of rotatable bonds is 4. The molecular weight excluding hydrogens is 334 g/mol. The van der Waals surface area contributed by atoms with Gasteiger partial charge >= 0.3 is 5.91 Å². The molecule has 2 aromatic rings. The number of piperidine rings is 2. The van der Waals surface area contributed by atoms with Crippen LogP contribution in [-0.2, 0) is 4.79 Å². The molecule has 2 fully saturated rings. The SMILES string of the molecule is O=C(CSc1nc2ccccc2o1)[N+]1(C2CCNCC2)CCCCC1. The van der Waals surface area contributed by atoms with Gasteiger partial charge in [-0.05, 0) is 31.4 Å². The van der Waals surface area contributed by atoms with Gasteiger partial charge in [0.25, 0.3) is 5.22 Å². The van der Waals surface area contributed by atoms with Gasteiger partial charge in [-0.25, -0.2) is 9.78 Å². The summed E-state index contributed by atoms with van der Waals surface area (Å²) in [5.74, 6) is 0.815. The third-order valence-corrected chi connectivity index (χ3v) is 6.52. The zero-order chi connectivity index (χ0) is 17.1. The molecule has 25 heavy (non-hydrogen) atoms. The number of para-hydroxylation sites is 2. The lowest BCUT2D eigenvalue weighted by Crippen LogP contribution is -2.64. The van der Waals surface area contributed by atoms with E-state index in [1.807, 2.05) is 24.3 Å². The van der Waals surface area contributed by atoms with Crippen LogP contribution in [0.25, 0.3) is 11.1 Å². The fourth-order valence-electron chi connectivity index (χ4n) is 4.36. The number of carbonyl (C=O) groups excluding carboxylic acids is 1. The minimum atomic E-state index is 0.360. The van der Waals surface area contributed by atoms with Crippen LogP contribution >= 0.6 is 11.8 Å². The highest BCUT2D eigenvalue weighted by atomic mass is 32.2. The molecule has 4 rings (SSSR count). The van der Waals surface area contributed by atoms with Crippen LogP contribution in [0.4, 0.5) is 0 Å². The van der Waals surface area contributed by atoms with Gasteiger partial charge in [-0.1, -0.05) is 23.9 Å². The Morgan fingerprint density at radius 2 is 1.96 bits per heavy atom. The Morgan fingerprint density at radius 3 is 2.72 bits per heavy atom. The number of aromatic nitrogens is 1. The average molecular weight is 361 g/mol. The molecule has 1 aromatic heterocycles. The molecule has 1 aromatic carbocycles. The lowest BCUT2D eigenvalue weighted by atomic mass is 9.96. The Hall–Kier alpha value is -1.37. The number of likely N-dealkylation sites (tertiary alicyclic amines) is 1. The number of quaternary nitrogens is 1. The molecule has 134 valence electrons. The van der Waals surface area contributed by atoms with E-state index in [-0.39, 0.29) is 0 Å². The second-order valence-electron chi connectivity index (χ2n) is 7.15. The van der Waals surface area contributed by atoms with E-state index in [4.69, 9.17) is 4.42 Å². The summed E-state index contributed by atoms with van der Waals surface area (Å²) in [6.45, 7) is 4.10. The Balaban J connectivity index is 1.48. The number of hydrogen-bond acceptors (Lipinski definition) is 5. The number of nitrogens with one attached hydrogen (secondary N) is 1. The number of thioether (sulfide) groups is 1. The summed E-state index contributed by atoms with van der Waals surface area (Å²) in [7, 11) is 0. The van der Waals surface area contributed by atoms with Gasteiger partial charge in [0.15, 0.2) is 5.58 Å². The molecule has 1 N–H and O–H groups in total. The van der Waals surface area contributed by atoms with E-state index >= 15 is 0 Å². The number of oxazole rings is 1. The van der Waals surface area contributed by atoms with Crippen LogP contribution in [0.2, 0.25) is 0 Å². The molecule has 0 radical (unpaired) electrons. The topological polar surface area (TPSA) is 55.1 Å². The largest absolute Gasteiger partial charge is 0.431 e. The maximum atomic E-state index is 13.3. The molecule has 2 aliphatic rings. The maximum absolute atomic E-state index is 13.3. The number of fused-ring (bicyclic) bond motifs is 1. The molecule has 2 aliphatic heterocycles. The van der Waals surface area contributed by atoms with Crippen molar-refractivity contribution in [3.05, 3.63) is 24.3 Å². The predicted octanol–water partition coefficient (Wildman–Crippen LogP) is 3.20. The first-order chi connectivity index (χ1) is 12.3. The standard InChI is InChI=1S/C19H26N3O2S/c23-18(14-25-19-21-16-6-2-3-7-17(16)24-19)22(12-4-1-5-13-22)15-8-10-20-11-9-15/h2-3,6-7,15,20H,1,4-5,8-14H2/q+1. The second-order valence-corrected chi connectivity index (χ2v) is 8.08. The van der Waals surface area contributed by atoms with Crippen molar-refractivity contribution in [2.24, 2.45) is 0 Å². The van der Waals surface area contributed by atoms with Crippen molar-refractivity contribution >= 4 is 28.8 Å². The number of carbonyl (C=O) groups is 1. The minimum absolute atomic E-state index is 0.360. The summed E-state index contributed by atoms with van der Waals surface area (Å²) < 4.78 is 6.46. The molecule has 2 saturated heterocycles. The first-order valence-corrected chi connectivity index (χ1v) is 10.4. The van der Waals surface area contributed by atoms with E-state index in [1.165, 1.54) is 31.0 Å². The van der Waals surface area contributed by atoms with Crippen LogP contribution in [0.1, 0.15) is 32.1 Å². The molecule has 0 spiro atoms. The third kappa shape index (κ3) is 3.48. The smallest absolute Gasteiger partial charge is 0.324 e. The molecule has 1 amide bonds. The zero-order valence-electron chi connectivity index (χ0n) is 14.6. The quantitative estimate of drug-likeness (QED) is 0.670. The summed E-state index contributed by atoms with van der Waals surface area (Å²) in [5, 5.41) is 4.04. The van der Waals surface area contributed by atoms with Crippen LogP contribution in [0.15, 0.2) is 33.9 Å².